The number of nitrogens with two attached hydrogens (primary N) is 1. The average Bonchev–Trinajstić information content (AvgIpc) is 3.00. The van der Waals surface area contributed by atoms with Crippen LogP contribution in [0.15, 0.2) is 18.2 Å². The van der Waals surface area contributed by atoms with Gasteiger partial charge in [-0.3, -0.25) is 0 Å². The zero-order chi connectivity index (χ0) is 10.1. The van der Waals surface area contributed by atoms with Crippen molar-refractivity contribution < 1.29 is 5.11 Å². The molecule has 1 saturated carbocycles. The highest BCUT2D eigenvalue weighted by Crippen LogP contribution is 2.40. The molecule has 0 spiro atoms. The predicted octanol–water partition coefficient (Wildman–Crippen LogP) is 2.36. The van der Waals surface area contributed by atoms with Gasteiger partial charge in [0.2, 0.25) is 0 Å². The lowest BCUT2D eigenvalue weighted by Crippen LogP contribution is -2.14. The summed E-state index contributed by atoms with van der Waals surface area (Å²) in [5, 5.41) is 9.36. The molecule has 14 heavy (non-hydrogen) atoms. The fraction of sp³-hybridized carbons (Fsp3) is 0.500. The van der Waals surface area contributed by atoms with Crippen molar-refractivity contribution in [1.29, 1.82) is 0 Å². The Kier molecular flexibility index (Phi) is 2.46. The third-order valence-corrected chi connectivity index (χ3v) is 3.00. The molecule has 0 saturated heterocycles. The zero-order valence-electron chi connectivity index (χ0n) is 8.53. The van der Waals surface area contributed by atoms with E-state index in [4.69, 9.17) is 5.73 Å². The molecule has 76 valence electrons. The normalized spacial score (nSPS) is 18.1. The summed E-state index contributed by atoms with van der Waals surface area (Å²) in [4.78, 5) is 0. The molecule has 2 rings (SSSR count). The van der Waals surface area contributed by atoms with Crippen molar-refractivity contribution in [2.75, 3.05) is 0 Å². The van der Waals surface area contributed by atoms with Gasteiger partial charge in [-0.2, -0.15) is 0 Å². The third kappa shape index (κ3) is 1.75. The van der Waals surface area contributed by atoms with Crippen LogP contribution in [0.2, 0.25) is 0 Å². The van der Waals surface area contributed by atoms with E-state index in [9.17, 15) is 5.11 Å². The Hall–Kier alpha value is -1.02. The van der Waals surface area contributed by atoms with E-state index < -0.39 is 0 Å². The highest BCUT2D eigenvalue weighted by Gasteiger charge is 2.30. The molecule has 1 aromatic rings. The van der Waals surface area contributed by atoms with Crippen LogP contribution in [-0.4, -0.2) is 5.11 Å². The summed E-state index contributed by atoms with van der Waals surface area (Å²) >= 11 is 0. The van der Waals surface area contributed by atoms with Gasteiger partial charge in [-0.15, -0.1) is 0 Å². The number of benzene rings is 1. The van der Waals surface area contributed by atoms with Crippen LogP contribution in [0.3, 0.4) is 0 Å². The Morgan fingerprint density at radius 3 is 2.79 bits per heavy atom. The molecular formula is C12H17NO. The molecule has 1 fully saturated rings. The molecule has 0 aliphatic heterocycles. The monoisotopic (exact) mass is 191 g/mol. The first-order chi connectivity index (χ1) is 6.72. The second-order valence-electron chi connectivity index (χ2n) is 4.10. The molecule has 1 aliphatic rings. The molecule has 0 unspecified atom stereocenters. The van der Waals surface area contributed by atoms with Gasteiger partial charge in [0, 0.05) is 6.04 Å². The molecule has 0 heterocycles. The van der Waals surface area contributed by atoms with Crippen LogP contribution >= 0.6 is 0 Å². The van der Waals surface area contributed by atoms with Crippen LogP contribution in [0.25, 0.3) is 0 Å². The van der Waals surface area contributed by atoms with E-state index >= 15 is 0 Å². The van der Waals surface area contributed by atoms with E-state index in [0.717, 1.165) is 6.42 Å². The van der Waals surface area contributed by atoms with Crippen molar-refractivity contribution in [3.63, 3.8) is 0 Å². The van der Waals surface area contributed by atoms with Crippen LogP contribution in [0.5, 0.6) is 5.75 Å². The highest BCUT2D eigenvalue weighted by atomic mass is 16.3. The summed E-state index contributed by atoms with van der Waals surface area (Å²) in [6, 6.07) is 5.70. The lowest BCUT2D eigenvalue weighted by molar-refractivity contribution is 0.473. The van der Waals surface area contributed by atoms with Gasteiger partial charge < -0.3 is 10.8 Å². The minimum Gasteiger partial charge on any atom is -0.508 e. The Bertz CT molecular complexity index is 331. The minimum absolute atomic E-state index is 0.172. The summed E-state index contributed by atoms with van der Waals surface area (Å²) < 4.78 is 0. The summed E-state index contributed by atoms with van der Waals surface area (Å²) in [5.74, 6) is 1.01. The molecule has 0 amide bonds. The number of aryl methyl sites for hydroxylation is 1. The van der Waals surface area contributed by atoms with Crippen LogP contribution in [0, 0.1) is 5.92 Å². The third-order valence-electron chi connectivity index (χ3n) is 3.00. The van der Waals surface area contributed by atoms with Gasteiger partial charge in [-0.25, -0.2) is 0 Å². The zero-order valence-corrected chi connectivity index (χ0v) is 8.53. The smallest absolute Gasteiger partial charge is 0.115 e. The summed E-state index contributed by atoms with van der Waals surface area (Å²) in [6.07, 6.45) is 3.44. The van der Waals surface area contributed by atoms with Gasteiger partial charge >= 0.3 is 0 Å². The maximum atomic E-state index is 9.36. The Balaban J connectivity index is 2.30. The van der Waals surface area contributed by atoms with Gasteiger partial charge in [-0.05, 0) is 48.4 Å². The standard InChI is InChI=1S/C12H17NO/c1-2-8-7-10(14)5-6-11(8)12(13)9-3-4-9/h5-7,9,12,14H,2-4,13H2,1H3/t12-/m0/s1. The van der Waals surface area contributed by atoms with Crippen LogP contribution in [0.1, 0.15) is 36.9 Å². The highest BCUT2D eigenvalue weighted by molar-refractivity contribution is 5.37. The Labute approximate surface area is 84.7 Å². The quantitative estimate of drug-likeness (QED) is 0.770. The topological polar surface area (TPSA) is 46.2 Å². The largest absolute Gasteiger partial charge is 0.508 e. The SMILES string of the molecule is CCc1cc(O)ccc1[C@@H](N)C1CC1. The predicted molar refractivity (Wildman–Crippen MR) is 57.1 cm³/mol. The first kappa shape index (κ1) is 9.53. The van der Waals surface area contributed by atoms with E-state index in [0.29, 0.717) is 11.7 Å². The number of hydrogen-bond donors (Lipinski definition) is 2. The van der Waals surface area contributed by atoms with Crippen LogP contribution < -0.4 is 5.73 Å². The maximum absolute atomic E-state index is 9.36. The van der Waals surface area contributed by atoms with Gasteiger partial charge in [0.15, 0.2) is 0 Å². The van der Waals surface area contributed by atoms with Crippen LogP contribution in [-0.2, 0) is 6.42 Å². The van der Waals surface area contributed by atoms with Crippen molar-refractivity contribution in [2.24, 2.45) is 11.7 Å². The average molecular weight is 191 g/mol. The first-order valence-corrected chi connectivity index (χ1v) is 5.29. The summed E-state index contributed by atoms with van der Waals surface area (Å²) in [7, 11) is 0. The molecular weight excluding hydrogens is 174 g/mol. The second-order valence-corrected chi connectivity index (χ2v) is 4.10. The van der Waals surface area contributed by atoms with Crippen molar-refractivity contribution in [3.05, 3.63) is 29.3 Å². The van der Waals surface area contributed by atoms with Crippen molar-refractivity contribution in [1.82, 2.24) is 0 Å². The molecule has 0 radical (unpaired) electrons. The Morgan fingerprint density at radius 1 is 1.50 bits per heavy atom. The maximum Gasteiger partial charge on any atom is 0.115 e. The Morgan fingerprint density at radius 2 is 2.21 bits per heavy atom. The van der Waals surface area contributed by atoms with E-state index in [1.807, 2.05) is 12.1 Å². The van der Waals surface area contributed by atoms with E-state index in [-0.39, 0.29) is 6.04 Å². The summed E-state index contributed by atoms with van der Waals surface area (Å²) in [5.41, 5.74) is 8.55. The molecule has 2 nitrogen and oxygen atoms in total. The minimum atomic E-state index is 0.172. The van der Waals surface area contributed by atoms with Crippen molar-refractivity contribution >= 4 is 0 Å². The number of phenolic OH excluding ortho intramolecular Hbond substituents is 1. The van der Waals surface area contributed by atoms with E-state index in [1.54, 1.807) is 6.07 Å². The second kappa shape index (κ2) is 3.62. The first-order valence-electron chi connectivity index (χ1n) is 5.29. The van der Waals surface area contributed by atoms with E-state index in [2.05, 4.69) is 6.92 Å². The molecule has 1 aromatic carbocycles. The van der Waals surface area contributed by atoms with E-state index in [1.165, 1.54) is 24.0 Å². The summed E-state index contributed by atoms with van der Waals surface area (Å²) in [6.45, 7) is 2.10. The fourth-order valence-corrected chi connectivity index (χ4v) is 1.93. The van der Waals surface area contributed by atoms with Gasteiger partial charge in [-0.1, -0.05) is 13.0 Å². The number of aromatic hydroxyl groups is 1. The number of phenols is 1. The van der Waals surface area contributed by atoms with Gasteiger partial charge in [0.1, 0.15) is 5.75 Å². The lowest BCUT2D eigenvalue weighted by Gasteiger charge is -2.15. The molecule has 0 bridgehead atoms. The number of rotatable bonds is 3. The molecule has 1 atom stereocenters. The lowest BCUT2D eigenvalue weighted by atomic mass is 9.96. The molecule has 3 N–H and O–H groups in total. The van der Waals surface area contributed by atoms with Gasteiger partial charge in [0.05, 0.1) is 0 Å². The van der Waals surface area contributed by atoms with Crippen molar-refractivity contribution in [3.8, 4) is 5.75 Å². The molecule has 2 heteroatoms. The number of hydrogen-bond acceptors (Lipinski definition) is 2. The fourth-order valence-electron chi connectivity index (χ4n) is 1.93. The molecule has 1 aliphatic carbocycles. The van der Waals surface area contributed by atoms with Crippen molar-refractivity contribution in [2.45, 2.75) is 32.2 Å². The van der Waals surface area contributed by atoms with Gasteiger partial charge in [0.25, 0.3) is 0 Å². The van der Waals surface area contributed by atoms with Crippen LogP contribution in [0.4, 0.5) is 0 Å². The molecule has 0 aromatic heterocycles.